The van der Waals surface area contributed by atoms with Crippen LogP contribution >= 0.6 is 0 Å². The molecule has 294 valence electrons. The lowest BCUT2D eigenvalue weighted by atomic mass is 9.89. The van der Waals surface area contributed by atoms with Crippen LogP contribution < -0.4 is 31.9 Å². The minimum atomic E-state index is 0.282. The zero-order valence-corrected chi connectivity index (χ0v) is 33.0. The summed E-state index contributed by atoms with van der Waals surface area (Å²) < 4.78 is 0. The second-order valence-corrected chi connectivity index (χ2v) is 17.1. The number of phenols is 3. The van der Waals surface area contributed by atoms with Crippen LogP contribution in [0.3, 0.4) is 0 Å². The number of fused-ring (bicyclic) bond motifs is 9. The lowest BCUT2D eigenvalue weighted by molar-refractivity contribution is 0.277. The molecule has 0 aromatic heterocycles. The van der Waals surface area contributed by atoms with Crippen molar-refractivity contribution in [3.8, 4) is 17.2 Å². The van der Waals surface area contributed by atoms with Gasteiger partial charge in [0.1, 0.15) is 17.2 Å². The number of aryl methyl sites for hydroxylation is 3. The van der Waals surface area contributed by atoms with E-state index < -0.39 is 0 Å². The molecule has 3 aromatic rings. The molecule has 0 saturated heterocycles. The highest BCUT2D eigenvalue weighted by atomic mass is 16.3. The van der Waals surface area contributed by atoms with Gasteiger partial charge in [-0.2, -0.15) is 0 Å². The van der Waals surface area contributed by atoms with Crippen molar-refractivity contribution in [2.24, 2.45) is 0 Å². The first-order valence-corrected chi connectivity index (χ1v) is 21.1. The van der Waals surface area contributed by atoms with Crippen molar-refractivity contribution >= 4 is 0 Å². The van der Waals surface area contributed by atoms with E-state index in [0.717, 1.165) is 88.6 Å². The maximum atomic E-state index is 11.6. The highest BCUT2D eigenvalue weighted by Gasteiger charge is 2.29. The molecule has 0 unspecified atom stereocenters. The Bertz CT molecular complexity index is 1420. The highest BCUT2D eigenvalue weighted by molar-refractivity contribution is 5.45. The van der Waals surface area contributed by atoms with Crippen LogP contribution in [0.5, 0.6) is 17.2 Å². The van der Waals surface area contributed by atoms with Crippen LogP contribution in [0.2, 0.25) is 0 Å². The Balaban J connectivity index is 1.15. The van der Waals surface area contributed by atoms with Crippen LogP contribution in [0.1, 0.15) is 127 Å². The summed E-state index contributed by atoms with van der Waals surface area (Å²) >= 11 is 0. The topological polar surface area (TPSA) is 133 Å². The van der Waals surface area contributed by atoms with E-state index in [4.69, 9.17) is 0 Å². The zero-order chi connectivity index (χ0) is 37.6. The molecule has 1 aliphatic heterocycles. The lowest BCUT2D eigenvalue weighted by Crippen LogP contribution is -2.49. The van der Waals surface area contributed by atoms with Crippen LogP contribution in [-0.4, -0.2) is 51.6 Å². The number of hydrogen-bond donors (Lipinski definition) is 9. The van der Waals surface area contributed by atoms with Gasteiger partial charge in [0.05, 0.1) is 0 Å². The average molecular weight is 739 g/mol. The summed E-state index contributed by atoms with van der Waals surface area (Å²) in [5, 5.41) is 57.6. The Labute approximate surface area is 323 Å². The minimum absolute atomic E-state index is 0.282. The standard InChI is InChI=1S/C45H66N6O3/c1-28-16-31-22-46-37-10-4-6-12-39(37)48-24-33-18-29(2)20-35(44(33)53)26-50-41-14-8-9-15-42(41)51-27-36-21-30(3)19-34(45(36)54)25-49-40-13-7-5-11-38(40)47-23-32(17-28)43(31)52/h16-21,37-42,46-54H,4-15,22-27H2,1-3H3/t37-,38+,39+,40-,41-,42+. The SMILES string of the molecule is Cc1cc2c(O)c(c1)CN[C@@H]1CCCC[C@@H]1NCc1cc(C)cc(c1O)CN[C@@H]1CCCC[C@@H]1NCc1cc(C)cc(c1O)CN[C@@H]1CCCC[C@@H]1NC2. The molecule has 3 fully saturated rings. The zero-order valence-electron chi connectivity index (χ0n) is 33.0. The monoisotopic (exact) mass is 739 g/mol. The van der Waals surface area contributed by atoms with Gasteiger partial charge in [0.2, 0.25) is 0 Å². The number of benzene rings is 3. The van der Waals surface area contributed by atoms with Gasteiger partial charge in [0, 0.05) is 109 Å². The molecule has 54 heavy (non-hydrogen) atoms. The van der Waals surface area contributed by atoms with Crippen molar-refractivity contribution in [3.05, 3.63) is 86.5 Å². The maximum Gasteiger partial charge on any atom is 0.124 e. The molecule has 3 aromatic carbocycles. The van der Waals surface area contributed by atoms with Crippen molar-refractivity contribution in [1.29, 1.82) is 0 Å². The molecular formula is C45H66N6O3. The number of aromatic hydroxyl groups is 3. The van der Waals surface area contributed by atoms with Gasteiger partial charge in [-0.3, -0.25) is 0 Å². The summed E-state index contributed by atoms with van der Waals surface area (Å²) in [4.78, 5) is 0. The van der Waals surface area contributed by atoms with E-state index in [1.54, 1.807) is 0 Å². The van der Waals surface area contributed by atoms with Gasteiger partial charge >= 0.3 is 0 Å². The van der Waals surface area contributed by atoms with Gasteiger partial charge in [-0.25, -0.2) is 0 Å². The molecule has 9 nitrogen and oxygen atoms in total. The molecular weight excluding hydrogens is 673 g/mol. The van der Waals surface area contributed by atoms with Crippen molar-refractivity contribution in [1.82, 2.24) is 31.9 Å². The summed E-state index contributed by atoms with van der Waals surface area (Å²) in [6, 6.07) is 14.4. The van der Waals surface area contributed by atoms with E-state index in [2.05, 4.69) is 89.1 Å². The van der Waals surface area contributed by atoms with E-state index in [1.165, 1.54) is 38.5 Å². The number of hydrogen-bond acceptors (Lipinski definition) is 9. The number of nitrogens with one attached hydrogen (secondary N) is 6. The molecule has 1 heterocycles. The minimum Gasteiger partial charge on any atom is -0.507 e. The van der Waals surface area contributed by atoms with E-state index in [9.17, 15) is 15.3 Å². The van der Waals surface area contributed by atoms with E-state index in [1.807, 2.05) is 0 Å². The largest absolute Gasteiger partial charge is 0.507 e. The fourth-order valence-electron chi connectivity index (χ4n) is 9.92. The van der Waals surface area contributed by atoms with E-state index in [0.29, 0.717) is 56.5 Å². The third kappa shape index (κ3) is 9.60. The molecule has 0 spiro atoms. The van der Waals surface area contributed by atoms with Crippen molar-refractivity contribution in [3.63, 3.8) is 0 Å². The molecule has 7 rings (SSSR count). The van der Waals surface area contributed by atoms with Gasteiger partial charge < -0.3 is 47.2 Å². The molecule has 6 atom stereocenters. The second kappa shape index (κ2) is 18.2. The van der Waals surface area contributed by atoms with E-state index in [-0.39, 0.29) is 36.3 Å². The van der Waals surface area contributed by atoms with Crippen LogP contribution in [0.4, 0.5) is 0 Å². The Hall–Kier alpha value is -3.18. The molecule has 0 amide bonds. The molecule has 0 radical (unpaired) electrons. The molecule has 3 aliphatic carbocycles. The molecule has 6 bridgehead atoms. The van der Waals surface area contributed by atoms with Crippen LogP contribution in [0.25, 0.3) is 0 Å². The molecule has 3 saturated carbocycles. The van der Waals surface area contributed by atoms with Crippen LogP contribution in [0, 0.1) is 20.8 Å². The Morgan fingerprint density at radius 2 is 0.500 bits per heavy atom. The first kappa shape index (κ1) is 39.1. The smallest absolute Gasteiger partial charge is 0.124 e. The number of rotatable bonds is 0. The predicted octanol–water partition coefficient (Wildman–Crippen LogP) is 6.61. The average Bonchev–Trinajstić information content (AvgIpc) is 3.17. The summed E-state index contributed by atoms with van der Waals surface area (Å²) in [7, 11) is 0. The summed E-state index contributed by atoms with van der Waals surface area (Å²) in [5.41, 5.74) is 9.13. The normalized spacial score (nSPS) is 27.8. The van der Waals surface area contributed by atoms with Crippen LogP contribution in [0.15, 0.2) is 36.4 Å². The van der Waals surface area contributed by atoms with E-state index >= 15 is 0 Å². The van der Waals surface area contributed by atoms with Gasteiger partial charge in [-0.15, -0.1) is 0 Å². The molecule has 9 N–H and O–H groups in total. The van der Waals surface area contributed by atoms with Gasteiger partial charge in [-0.1, -0.05) is 91.6 Å². The molecule has 9 heteroatoms. The van der Waals surface area contributed by atoms with Crippen molar-refractivity contribution in [2.75, 3.05) is 0 Å². The highest BCUT2D eigenvalue weighted by Crippen LogP contribution is 2.31. The Kier molecular flexibility index (Phi) is 13.2. The lowest BCUT2D eigenvalue weighted by Gasteiger charge is -2.34. The molecule has 4 aliphatic rings. The van der Waals surface area contributed by atoms with Gasteiger partial charge in [-0.05, 0) is 59.3 Å². The van der Waals surface area contributed by atoms with Crippen molar-refractivity contribution in [2.45, 2.75) is 173 Å². The number of phenolic OH excluding ortho intramolecular Hbond substituents is 3. The Morgan fingerprint density at radius 1 is 0.333 bits per heavy atom. The van der Waals surface area contributed by atoms with Crippen molar-refractivity contribution < 1.29 is 15.3 Å². The fourth-order valence-corrected chi connectivity index (χ4v) is 9.92. The van der Waals surface area contributed by atoms with Gasteiger partial charge in [0.15, 0.2) is 0 Å². The first-order valence-electron chi connectivity index (χ1n) is 21.1. The predicted molar refractivity (Wildman–Crippen MR) is 218 cm³/mol. The fraction of sp³-hybridized carbons (Fsp3) is 0.600. The third-order valence-corrected chi connectivity index (χ3v) is 12.9. The second-order valence-electron chi connectivity index (χ2n) is 17.1. The Morgan fingerprint density at radius 3 is 0.667 bits per heavy atom. The summed E-state index contributed by atoms with van der Waals surface area (Å²) in [6.07, 6.45) is 13.6. The quantitative estimate of drug-likeness (QED) is 0.125. The summed E-state index contributed by atoms with van der Waals surface area (Å²) in [5.74, 6) is 1.15. The maximum absolute atomic E-state index is 11.6. The van der Waals surface area contributed by atoms with Gasteiger partial charge in [0.25, 0.3) is 0 Å². The summed E-state index contributed by atoms with van der Waals surface area (Å²) in [6.45, 7) is 10.0. The first-order chi connectivity index (χ1) is 26.2. The third-order valence-electron chi connectivity index (χ3n) is 12.9. The van der Waals surface area contributed by atoms with Crippen LogP contribution in [-0.2, 0) is 39.3 Å².